The summed E-state index contributed by atoms with van der Waals surface area (Å²) in [6.45, 7) is -0.595. The molecule has 0 saturated carbocycles. The number of hydrogen-bond donors (Lipinski definition) is 6. The molecule has 2 aromatic carbocycles. The quantitative estimate of drug-likeness (QED) is 0.310. The summed E-state index contributed by atoms with van der Waals surface area (Å²) in [5.41, 5.74) is 1.01. The number of aromatic hydroxyl groups is 1. The van der Waals surface area contributed by atoms with E-state index in [1.807, 2.05) is 6.07 Å². The molecule has 0 bridgehead atoms. The fourth-order valence-electron chi connectivity index (χ4n) is 3.85. The molecule has 0 radical (unpaired) electrons. The molecule has 0 aliphatic carbocycles. The second-order valence-corrected chi connectivity index (χ2v) is 7.75. The third kappa shape index (κ3) is 4.26. The summed E-state index contributed by atoms with van der Waals surface area (Å²) in [6, 6.07) is 11.7. The molecule has 6 N–H and O–H groups in total. The Morgan fingerprint density at radius 3 is 2.38 bits per heavy atom. The fraction of sp³-hybridized carbons (Fsp3) is 0.455. The second kappa shape index (κ2) is 9.20. The van der Waals surface area contributed by atoms with Crippen LogP contribution >= 0.6 is 0 Å². The molecule has 174 valence electrons. The average molecular weight is 450 g/mol. The van der Waals surface area contributed by atoms with Crippen molar-refractivity contribution in [1.82, 2.24) is 0 Å². The van der Waals surface area contributed by atoms with Crippen molar-refractivity contribution in [3.8, 4) is 17.2 Å². The van der Waals surface area contributed by atoms with E-state index in [4.69, 9.17) is 18.9 Å². The first-order valence-electron chi connectivity index (χ1n) is 10.1. The number of phenols is 1. The van der Waals surface area contributed by atoms with Gasteiger partial charge in [0.05, 0.1) is 19.3 Å². The zero-order valence-corrected chi connectivity index (χ0v) is 17.2. The number of epoxide rings is 1. The number of phenolic OH excluding ortho intramolecular Hbond substituents is 1. The van der Waals surface area contributed by atoms with E-state index in [1.54, 1.807) is 24.3 Å². The van der Waals surface area contributed by atoms with Crippen molar-refractivity contribution >= 4 is 0 Å². The van der Waals surface area contributed by atoms with Crippen LogP contribution in [0.25, 0.3) is 0 Å². The Balaban J connectivity index is 1.52. The molecule has 0 spiro atoms. The van der Waals surface area contributed by atoms with E-state index in [0.29, 0.717) is 11.1 Å². The van der Waals surface area contributed by atoms with Crippen LogP contribution in [0.15, 0.2) is 42.5 Å². The van der Waals surface area contributed by atoms with Crippen LogP contribution in [0.5, 0.6) is 17.2 Å². The number of benzene rings is 2. The highest BCUT2D eigenvalue weighted by Gasteiger charge is 2.49. The van der Waals surface area contributed by atoms with E-state index in [0.717, 1.165) is 0 Å². The van der Waals surface area contributed by atoms with Crippen LogP contribution in [-0.4, -0.2) is 81.2 Å². The van der Waals surface area contributed by atoms with Crippen molar-refractivity contribution in [3.05, 3.63) is 53.6 Å². The van der Waals surface area contributed by atoms with Gasteiger partial charge in [-0.1, -0.05) is 30.3 Å². The predicted octanol–water partition coefficient (Wildman–Crippen LogP) is -0.247. The van der Waals surface area contributed by atoms with Crippen molar-refractivity contribution in [2.75, 3.05) is 13.7 Å². The molecule has 4 rings (SSSR count). The maximum absolute atomic E-state index is 10.6. The summed E-state index contributed by atoms with van der Waals surface area (Å²) in [7, 11) is 1.39. The van der Waals surface area contributed by atoms with Crippen LogP contribution in [-0.2, 0) is 9.47 Å². The van der Waals surface area contributed by atoms with E-state index in [9.17, 15) is 30.6 Å². The zero-order chi connectivity index (χ0) is 23.0. The van der Waals surface area contributed by atoms with Crippen LogP contribution in [0.3, 0.4) is 0 Å². The van der Waals surface area contributed by atoms with Crippen LogP contribution < -0.4 is 9.47 Å². The molecule has 2 aliphatic heterocycles. The minimum absolute atomic E-state index is 0.0493. The zero-order valence-electron chi connectivity index (χ0n) is 17.2. The van der Waals surface area contributed by atoms with Gasteiger partial charge in [0.25, 0.3) is 0 Å². The van der Waals surface area contributed by atoms with Crippen LogP contribution in [0, 0.1) is 0 Å². The van der Waals surface area contributed by atoms with Gasteiger partial charge in [0.2, 0.25) is 6.29 Å². The highest BCUT2D eigenvalue weighted by atomic mass is 16.7. The Hall–Kier alpha value is -2.44. The summed E-state index contributed by atoms with van der Waals surface area (Å²) in [6.07, 6.45) is -9.33. The molecule has 2 aromatic rings. The van der Waals surface area contributed by atoms with Crippen LogP contribution in [0.4, 0.5) is 0 Å². The van der Waals surface area contributed by atoms with Gasteiger partial charge in [-0.3, -0.25) is 0 Å². The van der Waals surface area contributed by atoms with Crippen molar-refractivity contribution in [2.24, 2.45) is 0 Å². The summed E-state index contributed by atoms with van der Waals surface area (Å²) in [4.78, 5) is 0. The van der Waals surface area contributed by atoms with E-state index in [1.165, 1.54) is 19.2 Å². The average Bonchev–Trinajstić information content (AvgIpc) is 3.59. The molecule has 2 aliphatic rings. The molecular weight excluding hydrogens is 424 g/mol. The smallest absolute Gasteiger partial charge is 0.229 e. The molecule has 0 unspecified atom stereocenters. The first-order chi connectivity index (χ1) is 15.3. The van der Waals surface area contributed by atoms with Crippen LogP contribution in [0.2, 0.25) is 0 Å². The van der Waals surface area contributed by atoms with Crippen molar-refractivity contribution in [2.45, 2.75) is 49.0 Å². The van der Waals surface area contributed by atoms with Gasteiger partial charge in [0.1, 0.15) is 60.0 Å². The summed E-state index contributed by atoms with van der Waals surface area (Å²) in [5, 5.41) is 60.4. The highest BCUT2D eigenvalue weighted by molar-refractivity contribution is 5.53. The Labute approximate surface area is 183 Å². The summed E-state index contributed by atoms with van der Waals surface area (Å²) in [5.74, 6) is 0.0438. The first kappa shape index (κ1) is 22.7. The molecule has 0 amide bonds. The standard InChI is InChI=1S/C22H26O10/c1-29-13-8-11(30-22-19(28)18(27)17(26)14(9-23)31-22)7-12(24)15(13)20-21(32-20)16(25)10-5-3-2-4-6-10/h2-8,14,16-28H,9H2,1H3/t14-,16-,17-,18+,19-,20-,21-,22-/m0/s1. The monoisotopic (exact) mass is 450 g/mol. The first-order valence-corrected chi connectivity index (χ1v) is 10.1. The van der Waals surface area contributed by atoms with Gasteiger partial charge in [-0.15, -0.1) is 0 Å². The molecule has 2 fully saturated rings. The van der Waals surface area contributed by atoms with Gasteiger partial charge in [0.15, 0.2) is 0 Å². The van der Waals surface area contributed by atoms with Gasteiger partial charge in [-0.2, -0.15) is 0 Å². The number of aliphatic hydroxyl groups excluding tert-OH is 5. The lowest BCUT2D eigenvalue weighted by Gasteiger charge is -2.39. The maximum Gasteiger partial charge on any atom is 0.229 e. The predicted molar refractivity (Wildman–Crippen MR) is 108 cm³/mol. The molecule has 2 heterocycles. The normalized spacial score (nSPS) is 32.9. The SMILES string of the molecule is COc1cc(O[C@H]2O[C@@H](CO)[C@H](O)[C@@H](O)[C@@H]2O)cc(O)c1[C@@H]1O[C@H]1[C@@H](O)c1ccccc1. The van der Waals surface area contributed by atoms with E-state index in [2.05, 4.69) is 0 Å². The van der Waals surface area contributed by atoms with Crippen molar-refractivity contribution in [1.29, 1.82) is 0 Å². The third-order valence-electron chi connectivity index (χ3n) is 5.68. The lowest BCUT2D eigenvalue weighted by atomic mass is 9.99. The second-order valence-electron chi connectivity index (χ2n) is 7.75. The number of ether oxygens (including phenoxy) is 4. The highest BCUT2D eigenvalue weighted by Crippen LogP contribution is 2.52. The summed E-state index contributed by atoms with van der Waals surface area (Å²) < 4.78 is 21.9. The van der Waals surface area contributed by atoms with Crippen molar-refractivity contribution in [3.63, 3.8) is 0 Å². The molecule has 0 aromatic heterocycles. The number of aliphatic hydroxyl groups is 5. The van der Waals surface area contributed by atoms with E-state index < -0.39 is 55.6 Å². The Bertz CT molecular complexity index is 920. The Morgan fingerprint density at radius 1 is 1.00 bits per heavy atom. The lowest BCUT2D eigenvalue weighted by molar-refractivity contribution is -0.277. The minimum Gasteiger partial charge on any atom is -0.507 e. The number of hydrogen-bond acceptors (Lipinski definition) is 10. The summed E-state index contributed by atoms with van der Waals surface area (Å²) >= 11 is 0. The number of rotatable bonds is 7. The van der Waals surface area contributed by atoms with Crippen LogP contribution in [0.1, 0.15) is 23.3 Å². The third-order valence-corrected chi connectivity index (χ3v) is 5.68. The molecule has 32 heavy (non-hydrogen) atoms. The largest absolute Gasteiger partial charge is 0.507 e. The fourth-order valence-corrected chi connectivity index (χ4v) is 3.85. The molecule has 2 saturated heterocycles. The van der Waals surface area contributed by atoms with Gasteiger partial charge >= 0.3 is 0 Å². The minimum atomic E-state index is -1.60. The van der Waals surface area contributed by atoms with E-state index >= 15 is 0 Å². The molecule has 10 nitrogen and oxygen atoms in total. The van der Waals surface area contributed by atoms with Gasteiger partial charge in [0, 0.05) is 12.1 Å². The van der Waals surface area contributed by atoms with Gasteiger partial charge in [-0.05, 0) is 5.56 Å². The lowest BCUT2D eigenvalue weighted by Crippen LogP contribution is -2.60. The van der Waals surface area contributed by atoms with E-state index in [-0.39, 0.29) is 17.2 Å². The Morgan fingerprint density at radius 2 is 1.72 bits per heavy atom. The van der Waals surface area contributed by atoms with Crippen molar-refractivity contribution < 1.29 is 49.6 Å². The Kier molecular flexibility index (Phi) is 6.54. The number of methoxy groups -OCH3 is 1. The topological polar surface area (TPSA) is 162 Å². The van der Waals surface area contributed by atoms with Gasteiger partial charge < -0.3 is 49.6 Å². The molecular formula is C22H26O10. The van der Waals surface area contributed by atoms with Gasteiger partial charge in [-0.25, -0.2) is 0 Å². The molecule has 10 heteroatoms. The maximum atomic E-state index is 10.6. The molecule has 8 atom stereocenters.